The number of piperazine rings is 1. The van der Waals surface area contributed by atoms with E-state index in [1.807, 2.05) is 39.4 Å². The zero-order chi connectivity index (χ0) is 18.1. The van der Waals surface area contributed by atoms with E-state index in [1.165, 1.54) is 11.3 Å². The van der Waals surface area contributed by atoms with Crippen LogP contribution in [0.3, 0.4) is 0 Å². The zero-order valence-electron chi connectivity index (χ0n) is 14.2. The minimum Gasteiger partial charge on any atom is -0.492 e. The molecule has 0 N–H and O–H groups in total. The largest absolute Gasteiger partial charge is 0.492 e. The van der Waals surface area contributed by atoms with Gasteiger partial charge in [0.05, 0.1) is 10.8 Å². The Hall–Kier alpha value is -2.05. The third-order valence-electron chi connectivity index (χ3n) is 4.89. The van der Waals surface area contributed by atoms with Crippen molar-refractivity contribution >= 4 is 34.8 Å². The number of fused-ring (bicyclic) bond motifs is 1. The van der Waals surface area contributed by atoms with Crippen LogP contribution in [0, 0.1) is 5.92 Å². The summed E-state index contributed by atoms with van der Waals surface area (Å²) in [4.78, 5) is 29.7. The number of rotatable bonds is 2. The Balaban J connectivity index is 1.36. The van der Waals surface area contributed by atoms with Crippen LogP contribution in [0.5, 0.6) is 5.75 Å². The molecule has 26 heavy (non-hydrogen) atoms. The van der Waals surface area contributed by atoms with E-state index in [9.17, 15) is 9.59 Å². The molecule has 2 amide bonds. The normalized spacial score (nSPS) is 19.7. The first kappa shape index (κ1) is 17.4. The van der Waals surface area contributed by atoms with E-state index in [1.54, 1.807) is 6.07 Å². The van der Waals surface area contributed by atoms with E-state index < -0.39 is 0 Å². The summed E-state index contributed by atoms with van der Waals surface area (Å²) < 4.78 is 5.74. The average molecular weight is 391 g/mol. The highest BCUT2D eigenvalue weighted by atomic mass is 35.5. The van der Waals surface area contributed by atoms with E-state index >= 15 is 0 Å². The van der Waals surface area contributed by atoms with Crippen LogP contribution in [0.2, 0.25) is 5.02 Å². The highest BCUT2D eigenvalue weighted by Crippen LogP contribution is 2.30. The Labute approximate surface area is 161 Å². The van der Waals surface area contributed by atoms with E-state index in [-0.39, 0.29) is 17.7 Å². The minimum absolute atomic E-state index is 0.0525. The molecule has 0 radical (unpaired) electrons. The maximum Gasteiger partial charge on any atom is 0.264 e. The van der Waals surface area contributed by atoms with Crippen LogP contribution >= 0.6 is 22.9 Å². The molecular formula is C19H19ClN2O3S. The van der Waals surface area contributed by atoms with E-state index in [0.29, 0.717) is 44.2 Å². The summed E-state index contributed by atoms with van der Waals surface area (Å²) in [6.07, 6.45) is 0.642. The zero-order valence-corrected chi connectivity index (χ0v) is 15.8. The first-order valence-electron chi connectivity index (χ1n) is 8.64. The number of halogens is 1. The lowest BCUT2D eigenvalue weighted by Crippen LogP contribution is -2.52. The summed E-state index contributed by atoms with van der Waals surface area (Å²) >= 11 is 7.50. The molecule has 5 nitrogen and oxygen atoms in total. The molecular weight excluding hydrogens is 372 g/mol. The molecule has 0 aliphatic carbocycles. The van der Waals surface area contributed by atoms with Crippen LogP contribution in [0.25, 0.3) is 0 Å². The van der Waals surface area contributed by atoms with Crippen molar-refractivity contribution in [3.63, 3.8) is 0 Å². The van der Waals surface area contributed by atoms with Gasteiger partial charge in [-0.1, -0.05) is 17.7 Å². The van der Waals surface area contributed by atoms with Gasteiger partial charge < -0.3 is 14.5 Å². The molecule has 1 saturated heterocycles. The summed E-state index contributed by atoms with van der Waals surface area (Å²) in [5.41, 5.74) is 0.980. The smallest absolute Gasteiger partial charge is 0.264 e. The first-order valence-corrected chi connectivity index (χ1v) is 9.90. The fourth-order valence-corrected chi connectivity index (χ4v) is 4.35. The van der Waals surface area contributed by atoms with Gasteiger partial charge in [-0.25, -0.2) is 0 Å². The highest BCUT2D eigenvalue weighted by molar-refractivity contribution is 7.12. The standard InChI is InChI=1S/C19H19ClN2O3S/c20-15-3-4-16-13(11-15)10-14(12-25-16)18(23)21-5-7-22(8-6-21)19(24)17-2-1-9-26-17/h1-4,9,11,14H,5-8,10,12H2/t14-/m1/s1. The number of benzene rings is 1. The molecule has 2 aromatic rings. The summed E-state index contributed by atoms with van der Waals surface area (Å²) in [7, 11) is 0. The number of carbonyl (C=O) groups excluding carboxylic acids is 2. The van der Waals surface area contributed by atoms with Crippen LogP contribution in [0.4, 0.5) is 0 Å². The lowest BCUT2D eigenvalue weighted by Gasteiger charge is -2.37. The number of carbonyl (C=O) groups is 2. The molecule has 3 heterocycles. The maximum absolute atomic E-state index is 12.9. The molecule has 136 valence electrons. The lowest BCUT2D eigenvalue weighted by molar-refractivity contribution is -0.138. The number of hydrogen-bond donors (Lipinski definition) is 0. The first-order chi connectivity index (χ1) is 12.6. The monoisotopic (exact) mass is 390 g/mol. The van der Waals surface area contributed by atoms with Crippen LogP contribution in [-0.2, 0) is 11.2 Å². The molecule has 1 atom stereocenters. The van der Waals surface area contributed by atoms with Crippen LogP contribution in [-0.4, -0.2) is 54.4 Å². The third kappa shape index (κ3) is 3.44. The van der Waals surface area contributed by atoms with Crippen molar-refractivity contribution in [1.29, 1.82) is 0 Å². The van der Waals surface area contributed by atoms with Gasteiger partial charge in [-0.2, -0.15) is 0 Å². The van der Waals surface area contributed by atoms with Crippen molar-refractivity contribution in [2.45, 2.75) is 6.42 Å². The summed E-state index contributed by atoms with van der Waals surface area (Å²) in [5, 5.41) is 2.56. The van der Waals surface area contributed by atoms with Crippen LogP contribution < -0.4 is 4.74 Å². The van der Waals surface area contributed by atoms with Crippen molar-refractivity contribution in [2.24, 2.45) is 5.92 Å². The maximum atomic E-state index is 12.9. The minimum atomic E-state index is -0.194. The molecule has 1 aromatic carbocycles. The van der Waals surface area contributed by atoms with Crippen LogP contribution in [0.15, 0.2) is 35.7 Å². The van der Waals surface area contributed by atoms with Crippen molar-refractivity contribution in [3.8, 4) is 5.75 Å². The van der Waals surface area contributed by atoms with Crippen LogP contribution in [0.1, 0.15) is 15.2 Å². The van der Waals surface area contributed by atoms with Gasteiger partial charge in [0.25, 0.3) is 5.91 Å². The highest BCUT2D eigenvalue weighted by Gasteiger charge is 2.32. The van der Waals surface area contributed by atoms with Crippen molar-refractivity contribution < 1.29 is 14.3 Å². The van der Waals surface area contributed by atoms with Gasteiger partial charge in [0.1, 0.15) is 12.4 Å². The second-order valence-corrected chi connectivity index (χ2v) is 7.94. The van der Waals surface area contributed by atoms with Gasteiger partial charge in [-0.15, -0.1) is 11.3 Å². The van der Waals surface area contributed by atoms with E-state index in [2.05, 4.69) is 0 Å². The fourth-order valence-electron chi connectivity index (χ4n) is 3.47. The van der Waals surface area contributed by atoms with E-state index in [4.69, 9.17) is 16.3 Å². The molecule has 1 fully saturated rings. The molecule has 4 rings (SSSR count). The Morgan fingerprint density at radius 2 is 1.88 bits per heavy atom. The number of hydrogen-bond acceptors (Lipinski definition) is 4. The Bertz CT molecular complexity index is 816. The Morgan fingerprint density at radius 1 is 1.12 bits per heavy atom. The second kappa shape index (κ2) is 7.29. The summed E-state index contributed by atoms with van der Waals surface area (Å²) in [6.45, 7) is 2.66. The van der Waals surface area contributed by atoms with E-state index in [0.717, 1.165) is 16.2 Å². The predicted octanol–water partition coefficient (Wildman–Crippen LogP) is 2.94. The number of nitrogens with zero attached hydrogens (tertiary/aromatic N) is 2. The molecule has 0 unspecified atom stereocenters. The number of amides is 2. The summed E-state index contributed by atoms with van der Waals surface area (Å²) in [6, 6.07) is 9.24. The molecule has 1 aromatic heterocycles. The number of ether oxygens (including phenoxy) is 1. The predicted molar refractivity (Wildman–Crippen MR) is 101 cm³/mol. The Morgan fingerprint density at radius 3 is 2.62 bits per heavy atom. The summed E-state index contributed by atoms with van der Waals surface area (Å²) in [5.74, 6) is 0.765. The van der Waals surface area contributed by atoms with Gasteiger partial charge in [-0.3, -0.25) is 9.59 Å². The molecule has 0 bridgehead atoms. The SMILES string of the molecule is O=C(c1cccs1)N1CCN(C(=O)[C@H]2COc3ccc(Cl)cc3C2)CC1. The number of thiophene rings is 1. The molecule has 0 saturated carbocycles. The molecule has 2 aliphatic rings. The van der Waals surface area contributed by atoms with Crippen molar-refractivity contribution in [1.82, 2.24) is 9.80 Å². The van der Waals surface area contributed by atoms with Gasteiger partial charge >= 0.3 is 0 Å². The quantitative estimate of drug-likeness (QED) is 0.792. The second-order valence-electron chi connectivity index (χ2n) is 6.56. The average Bonchev–Trinajstić information content (AvgIpc) is 3.21. The molecule has 2 aliphatic heterocycles. The molecule has 0 spiro atoms. The lowest BCUT2D eigenvalue weighted by atomic mass is 9.95. The Kier molecular flexibility index (Phi) is 4.87. The van der Waals surface area contributed by atoms with Gasteiger partial charge in [0.2, 0.25) is 5.91 Å². The fraction of sp³-hybridized carbons (Fsp3) is 0.368. The van der Waals surface area contributed by atoms with Crippen molar-refractivity contribution in [3.05, 3.63) is 51.2 Å². The van der Waals surface area contributed by atoms with Gasteiger partial charge in [0, 0.05) is 31.2 Å². The van der Waals surface area contributed by atoms with Gasteiger partial charge in [-0.05, 0) is 41.6 Å². The third-order valence-corrected chi connectivity index (χ3v) is 5.98. The van der Waals surface area contributed by atoms with Crippen molar-refractivity contribution in [2.75, 3.05) is 32.8 Å². The van der Waals surface area contributed by atoms with Gasteiger partial charge in [0.15, 0.2) is 0 Å². The topological polar surface area (TPSA) is 49.9 Å². The molecule has 7 heteroatoms.